The summed E-state index contributed by atoms with van der Waals surface area (Å²) in [5.74, 6) is 0.540. The van der Waals surface area contributed by atoms with Crippen molar-refractivity contribution >= 4 is 11.8 Å². The Balaban J connectivity index is 2.06. The molecule has 2 rings (SSSR count). The number of carbonyl (C=O) groups excluding carboxylic acids is 1. The van der Waals surface area contributed by atoms with Crippen LogP contribution in [0.15, 0.2) is 42.6 Å². The van der Waals surface area contributed by atoms with Gasteiger partial charge in [0.1, 0.15) is 11.9 Å². The summed E-state index contributed by atoms with van der Waals surface area (Å²) in [6, 6.07) is 12.6. The number of amides is 2. The second kappa shape index (κ2) is 7.86. The molecule has 1 heterocycles. The second-order valence-electron chi connectivity index (χ2n) is 6.93. The standard InChI is InChI=1S/C19H24N4O2/c1-19(2,3)23-12-15(11-20)10-17(23)22-18(25)21-16(13-24)9-14-7-5-4-6-8-14/h4-8,10,12,16,24H,9,13H2,1-3H3,(H2,21,22,25)/t16-/m1/s1. The number of aliphatic hydroxyl groups is 1. The van der Waals surface area contributed by atoms with Gasteiger partial charge in [-0.15, -0.1) is 0 Å². The summed E-state index contributed by atoms with van der Waals surface area (Å²) in [6.45, 7) is 5.81. The highest BCUT2D eigenvalue weighted by Crippen LogP contribution is 2.23. The van der Waals surface area contributed by atoms with Crippen LogP contribution in [0, 0.1) is 11.3 Å². The molecule has 2 aromatic rings. The average molecular weight is 340 g/mol. The minimum absolute atomic E-state index is 0.161. The summed E-state index contributed by atoms with van der Waals surface area (Å²) in [7, 11) is 0. The summed E-state index contributed by atoms with van der Waals surface area (Å²) in [6.07, 6.45) is 2.25. The molecule has 0 unspecified atom stereocenters. The van der Waals surface area contributed by atoms with Crippen molar-refractivity contribution < 1.29 is 9.90 Å². The first kappa shape index (κ1) is 18.6. The van der Waals surface area contributed by atoms with Crippen LogP contribution >= 0.6 is 0 Å². The lowest BCUT2D eigenvalue weighted by Gasteiger charge is -2.25. The van der Waals surface area contributed by atoms with Gasteiger partial charge in [-0.25, -0.2) is 4.79 Å². The van der Waals surface area contributed by atoms with E-state index in [1.165, 1.54) is 0 Å². The van der Waals surface area contributed by atoms with Crippen LogP contribution in [0.25, 0.3) is 0 Å². The Kier molecular flexibility index (Phi) is 5.84. The first-order valence-electron chi connectivity index (χ1n) is 8.18. The number of aliphatic hydroxyl groups excluding tert-OH is 1. The number of carbonyl (C=O) groups is 1. The third-order valence-electron chi connectivity index (χ3n) is 3.79. The molecule has 0 saturated heterocycles. The Morgan fingerprint density at radius 1 is 1.32 bits per heavy atom. The quantitative estimate of drug-likeness (QED) is 0.782. The van der Waals surface area contributed by atoms with E-state index < -0.39 is 12.1 Å². The second-order valence-corrected chi connectivity index (χ2v) is 6.93. The van der Waals surface area contributed by atoms with Gasteiger partial charge in [0.2, 0.25) is 0 Å². The minimum atomic E-state index is -0.414. The van der Waals surface area contributed by atoms with Gasteiger partial charge in [0, 0.05) is 11.7 Å². The Morgan fingerprint density at radius 2 is 2.00 bits per heavy atom. The van der Waals surface area contributed by atoms with Gasteiger partial charge in [-0.1, -0.05) is 30.3 Å². The molecule has 0 spiro atoms. The number of hydrogen-bond donors (Lipinski definition) is 3. The molecule has 0 radical (unpaired) electrons. The van der Waals surface area contributed by atoms with Gasteiger partial charge in [-0.05, 0) is 38.8 Å². The largest absolute Gasteiger partial charge is 0.394 e. The number of nitriles is 1. The molecule has 2 amide bonds. The number of urea groups is 1. The van der Waals surface area contributed by atoms with Crippen LogP contribution in [-0.2, 0) is 12.0 Å². The lowest BCUT2D eigenvalue weighted by atomic mass is 10.1. The molecule has 0 bridgehead atoms. The van der Waals surface area contributed by atoms with E-state index >= 15 is 0 Å². The van der Waals surface area contributed by atoms with E-state index in [2.05, 4.69) is 16.7 Å². The fraction of sp³-hybridized carbons (Fsp3) is 0.368. The topological polar surface area (TPSA) is 90.1 Å². The average Bonchev–Trinajstić information content (AvgIpc) is 2.98. The summed E-state index contributed by atoms with van der Waals surface area (Å²) >= 11 is 0. The van der Waals surface area contributed by atoms with Crippen LogP contribution in [0.5, 0.6) is 0 Å². The molecular formula is C19H24N4O2. The summed E-state index contributed by atoms with van der Waals surface area (Å²) in [5, 5.41) is 24.2. The minimum Gasteiger partial charge on any atom is -0.394 e. The number of nitrogens with one attached hydrogen (secondary N) is 2. The SMILES string of the molecule is CC(C)(C)n1cc(C#N)cc1NC(=O)N[C@@H](CO)Cc1ccccc1. The van der Waals surface area contributed by atoms with E-state index in [1.807, 2.05) is 55.7 Å². The van der Waals surface area contributed by atoms with Gasteiger partial charge in [0.15, 0.2) is 0 Å². The third kappa shape index (κ3) is 5.10. The highest BCUT2D eigenvalue weighted by atomic mass is 16.3. The first-order chi connectivity index (χ1) is 11.8. The molecule has 25 heavy (non-hydrogen) atoms. The normalized spacial score (nSPS) is 12.3. The van der Waals surface area contributed by atoms with Crippen LogP contribution < -0.4 is 10.6 Å². The predicted octanol–water partition coefficient (Wildman–Crippen LogP) is 2.84. The maximum Gasteiger partial charge on any atom is 0.320 e. The monoisotopic (exact) mass is 340 g/mol. The highest BCUT2D eigenvalue weighted by Gasteiger charge is 2.20. The smallest absolute Gasteiger partial charge is 0.320 e. The fourth-order valence-corrected chi connectivity index (χ4v) is 2.57. The molecule has 1 atom stereocenters. The van der Waals surface area contributed by atoms with E-state index in [9.17, 15) is 9.90 Å². The number of rotatable bonds is 5. The van der Waals surface area contributed by atoms with Gasteiger partial charge >= 0.3 is 6.03 Å². The third-order valence-corrected chi connectivity index (χ3v) is 3.79. The van der Waals surface area contributed by atoms with E-state index in [1.54, 1.807) is 12.3 Å². The van der Waals surface area contributed by atoms with Crippen molar-refractivity contribution in [3.63, 3.8) is 0 Å². The Morgan fingerprint density at radius 3 is 2.56 bits per heavy atom. The molecule has 1 aromatic heterocycles. The number of nitrogens with zero attached hydrogens (tertiary/aromatic N) is 2. The van der Waals surface area contributed by atoms with Crippen molar-refractivity contribution in [1.29, 1.82) is 5.26 Å². The van der Waals surface area contributed by atoms with Crippen molar-refractivity contribution in [2.24, 2.45) is 0 Å². The van der Waals surface area contributed by atoms with Gasteiger partial charge < -0.3 is 15.0 Å². The van der Waals surface area contributed by atoms with E-state index in [0.717, 1.165) is 5.56 Å². The number of anilines is 1. The van der Waals surface area contributed by atoms with E-state index in [0.29, 0.717) is 17.8 Å². The number of aromatic nitrogens is 1. The number of benzene rings is 1. The lowest BCUT2D eigenvalue weighted by molar-refractivity contribution is 0.224. The Bertz CT molecular complexity index is 754. The van der Waals surface area contributed by atoms with Crippen molar-refractivity contribution in [3.8, 4) is 6.07 Å². The van der Waals surface area contributed by atoms with Crippen LogP contribution in [0.1, 0.15) is 31.9 Å². The molecule has 0 fully saturated rings. The maximum atomic E-state index is 12.3. The predicted molar refractivity (Wildman–Crippen MR) is 97.3 cm³/mol. The van der Waals surface area contributed by atoms with Gasteiger partial charge in [-0.3, -0.25) is 5.32 Å². The number of hydrogen-bond acceptors (Lipinski definition) is 3. The molecule has 3 N–H and O–H groups in total. The molecule has 6 heteroatoms. The molecule has 0 aliphatic carbocycles. The van der Waals surface area contributed by atoms with Crippen LogP contribution in [0.3, 0.4) is 0 Å². The Labute approximate surface area is 148 Å². The van der Waals surface area contributed by atoms with Crippen LogP contribution in [-0.4, -0.2) is 28.4 Å². The van der Waals surface area contributed by atoms with Crippen molar-refractivity contribution in [2.45, 2.75) is 38.8 Å². The first-order valence-corrected chi connectivity index (χ1v) is 8.18. The zero-order chi connectivity index (χ0) is 18.4. The molecule has 0 aliphatic rings. The maximum absolute atomic E-state index is 12.3. The van der Waals surface area contributed by atoms with Crippen LogP contribution in [0.4, 0.5) is 10.6 Å². The molecule has 132 valence electrons. The lowest BCUT2D eigenvalue weighted by Crippen LogP contribution is -2.42. The Hall–Kier alpha value is -2.78. The van der Waals surface area contributed by atoms with E-state index in [-0.39, 0.29) is 12.1 Å². The van der Waals surface area contributed by atoms with E-state index in [4.69, 9.17) is 5.26 Å². The van der Waals surface area contributed by atoms with Crippen molar-refractivity contribution in [3.05, 3.63) is 53.7 Å². The zero-order valence-electron chi connectivity index (χ0n) is 14.8. The fourth-order valence-electron chi connectivity index (χ4n) is 2.57. The summed E-state index contributed by atoms with van der Waals surface area (Å²) in [4.78, 5) is 12.3. The van der Waals surface area contributed by atoms with Crippen LogP contribution in [0.2, 0.25) is 0 Å². The van der Waals surface area contributed by atoms with Crippen molar-refractivity contribution in [2.75, 3.05) is 11.9 Å². The highest BCUT2D eigenvalue weighted by molar-refractivity contribution is 5.89. The molecule has 0 saturated carbocycles. The molecular weight excluding hydrogens is 316 g/mol. The molecule has 1 aromatic carbocycles. The summed E-state index contributed by atoms with van der Waals surface area (Å²) < 4.78 is 1.84. The van der Waals surface area contributed by atoms with Gasteiger partial charge in [0.25, 0.3) is 0 Å². The summed E-state index contributed by atoms with van der Waals surface area (Å²) in [5.41, 5.74) is 1.23. The van der Waals surface area contributed by atoms with Crippen molar-refractivity contribution in [1.82, 2.24) is 9.88 Å². The molecule has 6 nitrogen and oxygen atoms in total. The van der Waals surface area contributed by atoms with Gasteiger partial charge in [0.05, 0.1) is 18.2 Å². The molecule has 0 aliphatic heterocycles. The van der Waals surface area contributed by atoms with Gasteiger partial charge in [-0.2, -0.15) is 5.26 Å². The zero-order valence-corrected chi connectivity index (χ0v) is 14.8.